The van der Waals surface area contributed by atoms with E-state index in [4.69, 9.17) is 10.5 Å². The molecule has 2 N–H and O–H groups in total. The molecule has 0 bridgehead atoms. The van der Waals surface area contributed by atoms with Crippen molar-refractivity contribution in [1.29, 1.82) is 0 Å². The van der Waals surface area contributed by atoms with Crippen molar-refractivity contribution in [2.24, 2.45) is 5.73 Å². The SMILES string of the molecule is COCc1cccc(C2C(N)CC(=O)N2C)c1. The van der Waals surface area contributed by atoms with Crippen LogP contribution in [-0.4, -0.2) is 31.0 Å². The van der Waals surface area contributed by atoms with E-state index in [0.29, 0.717) is 13.0 Å². The summed E-state index contributed by atoms with van der Waals surface area (Å²) in [6.07, 6.45) is 0.426. The second-order valence-electron chi connectivity index (χ2n) is 4.50. The third kappa shape index (κ3) is 2.33. The Balaban J connectivity index is 2.27. The van der Waals surface area contributed by atoms with Crippen LogP contribution in [0.5, 0.6) is 0 Å². The van der Waals surface area contributed by atoms with Crippen molar-refractivity contribution in [3.63, 3.8) is 0 Å². The van der Waals surface area contributed by atoms with Gasteiger partial charge in [-0.3, -0.25) is 4.79 Å². The molecule has 0 aliphatic carbocycles. The van der Waals surface area contributed by atoms with Gasteiger partial charge in [0.2, 0.25) is 5.91 Å². The minimum atomic E-state index is -0.120. The third-order valence-electron chi connectivity index (χ3n) is 3.23. The van der Waals surface area contributed by atoms with Crippen LogP contribution in [0, 0.1) is 0 Å². The first-order valence-corrected chi connectivity index (χ1v) is 5.72. The van der Waals surface area contributed by atoms with Crippen LogP contribution in [0.1, 0.15) is 23.6 Å². The fourth-order valence-corrected chi connectivity index (χ4v) is 2.40. The molecule has 17 heavy (non-hydrogen) atoms. The summed E-state index contributed by atoms with van der Waals surface area (Å²) in [5.41, 5.74) is 8.21. The minimum Gasteiger partial charge on any atom is -0.380 e. The fraction of sp³-hybridized carbons (Fsp3) is 0.462. The summed E-state index contributed by atoms with van der Waals surface area (Å²) in [5.74, 6) is 0.111. The van der Waals surface area contributed by atoms with Crippen LogP contribution in [0.3, 0.4) is 0 Å². The molecular weight excluding hydrogens is 216 g/mol. The second kappa shape index (κ2) is 4.85. The van der Waals surface area contributed by atoms with E-state index in [1.165, 1.54) is 0 Å². The van der Waals surface area contributed by atoms with E-state index >= 15 is 0 Å². The van der Waals surface area contributed by atoms with Crippen LogP contribution in [-0.2, 0) is 16.1 Å². The van der Waals surface area contributed by atoms with E-state index in [1.54, 1.807) is 12.0 Å². The van der Waals surface area contributed by atoms with Crippen molar-refractivity contribution in [1.82, 2.24) is 4.90 Å². The fourth-order valence-electron chi connectivity index (χ4n) is 2.40. The molecule has 2 rings (SSSR count). The predicted molar refractivity (Wildman–Crippen MR) is 65.3 cm³/mol. The topological polar surface area (TPSA) is 55.6 Å². The van der Waals surface area contributed by atoms with Crippen LogP contribution >= 0.6 is 0 Å². The van der Waals surface area contributed by atoms with Crippen LogP contribution in [0.2, 0.25) is 0 Å². The number of amides is 1. The number of methoxy groups -OCH3 is 1. The Bertz CT molecular complexity index is 420. The molecule has 0 radical (unpaired) electrons. The molecule has 1 saturated heterocycles. The molecule has 0 aromatic heterocycles. The molecule has 4 heteroatoms. The lowest BCUT2D eigenvalue weighted by Crippen LogP contribution is -2.30. The summed E-state index contributed by atoms with van der Waals surface area (Å²) in [6.45, 7) is 0.577. The van der Waals surface area contributed by atoms with Gasteiger partial charge >= 0.3 is 0 Å². The summed E-state index contributed by atoms with van der Waals surface area (Å²) >= 11 is 0. The number of nitrogens with two attached hydrogens (primary N) is 1. The van der Waals surface area contributed by atoms with Gasteiger partial charge in [-0.1, -0.05) is 24.3 Å². The van der Waals surface area contributed by atoms with Crippen LogP contribution in [0.25, 0.3) is 0 Å². The Hall–Kier alpha value is -1.39. The van der Waals surface area contributed by atoms with Crippen LogP contribution in [0.4, 0.5) is 0 Å². The lowest BCUT2D eigenvalue weighted by atomic mass is 9.99. The zero-order valence-corrected chi connectivity index (χ0v) is 10.2. The third-order valence-corrected chi connectivity index (χ3v) is 3.23. The largest absolute Gasteiger partial charge is 0.380 e. The highest BCUT2D eigenvalue weighted by atomic mass is 16.5. The predicted octanol–water partition coefficient (Wildman–Crippen LogP) is 1.06. The first-order valence-electron chi connectivity index (χ1n) is 5.72. The highest BCUT2D eigenvalue weighted by Crippen LogP contribution is 2.30. The van der Waals surface area contributed by atoms with Crippen molar-refractivity contribution >= 4 is 5.91 Å². The average molecular weight is 234 g/mol. The van der Waals surface area contributed by atoms with E-state index in [1.807, 2.05) is 25.2 Å². The van der Waals surface area contributed by atoms with E-state index in [2.05, 4.69) is 6.07 Å². The maximum atomic E-state index is 11.6. The Kier molecular flexibility index (Phi) is 3.45. The van der Waals surface area contributed by atoms with Gasteiger partial charge in [-0.25, -0.2) is 0 Å². The summed E-state index contributed by atoms with van der Waals surface area (Å²) in [7, 11) is 3.48. The summed E-state index contributed by atoms with van der Waals surface area (Å²) in [5, 5.41) is 0. The molecule has 1 aliphatic rings. The van der Waals surface area contributed by atoms with Gasteiger partial charge in [0, 0.05) is 26.6 Å². The van der Waals surface area contributed by atoms with E-state index < -0.39 is 0 Å². The van der Waals surface area contributed by atoms with Gasteiger partial charge in [0.1, 0.15) is 0 Å². The Morgan fingerprint density at radius 3 is 2.88 bits per heavy atom. The van der Waals surface area contributed by atoms with Crippen molar-refractivity contribution in [2.45, 2.75) is 25.1 Å². The molecule has 1 amide bonds. The average Bonchev–Trinajstić information content (AvgIpc) is 2.54. The van der Waals surface area contributed by atoms with Crippen molar-refractivity contribution in [3.8, 4) is 0 Å². The number of rotatable bonds is 3. The summed E-state index contributed by atoms with van der Waals surface area (Å²) < 4.78 is 5.11. The monoisotopic (exact) mass is 234 g/mol. The van der Waals surface area contributed by atoms with Crippen molar-refractivity contribution < 1.29 is 9.53 Å². The molecule has 2 unspecified atom stereocenters. The van der Waals surface area contributed by atoms with E-state index in [-0.39, 0.29) is 18.0 Å². The van der Waals surface area contributed by atoms with Gasteiger partial charge in [-0.05, 0) is 11.1 Å². The van der Waals surface area contributed by atoms with Crippen LogP contribution < -0.4 is 5.73 Å². The number of carbonyl (C=O) groups excluding carboxylic acids is 1. The Morgan fingerprint density at radius 2 is 2.29 bits per heavy atom. The minimum absolute atomic E-state index is 0.0145. The smallest absolute Gasteiger partial charge is 0.224 e. The van der Waals surface area contributed by atoms with Gasteiger partial charge in [0.05, 0.1) is 12.6 Å². The zero-order valence-electron chi connectivity index (χ0n) is 10.2. The number of carbonyl (C=O) groups is 1. The molecule has 0 spiro atoms. The zero-order chi connectivity index (χ0) is 12.4. The summed E-state index contributed by atoms with van der Waals surface area (Å²) in [4.78, 5) is 13.3. The van der Waals surface area contributed by atoms with Crippen molar-refractivity contribution in [3.05, 3.63) is 35.4 Å². The maximum absolute atomic E-state index is 11.6. The number of ether oxygens (including phenoxy) is 1. The van der Waals surface area contributed by atoms with E-state index in [9.17, 15) is 4.79 Å². The lowest BCUT2D eigenvalue weighted by molar-refractivity contribution is -0.127. The van der Waals surface area contributed by atoms with Gasteiger partial charge in [0.25, 0.3) is 0 Å². The number of nitrogens with zero attached hydrogens (tertiary/aromatic N) is 1. The highest BCUT2D eigenvalue weighted by Gasteiger charge is 2.35. The Morgan fingerprint density at radius 1 is 1.53 bits per heavy atom. The van der Waals surface area contributed by atoms with Crippen LogP contribution in [0.15, 0.2) is 24.3 Å². The molecule has 1 fully saturated rings. The molecule has 1 aromatic rings. The number of likely N-dealkylation sites (tertiary alicyclic amines) is 1. The first-order chi connectivity index (χ1) is 8.13. The van der Waals surface area contributed by atoms with Crippen molar-refractivity contribution in [2.75, 3.05) is 14.2 Å². The second-order valence-corrected chi connectivity index (χ2v) is 4.50. The standard InChI is InChI=1S/C13H18N2O2/c1-15-12(16)7-11(14)13(15)10-5-3-4-9(6-10)8-17-2/h3-6,11,13H,7-8,14H2,1-2H3. The van der Waals surface area contributed by atoms with Gasteiger partial charge < -0.3 is 15.4 Å². The number of likely N-dealkylation sites (N-methyl/N-ethyl adjacent to an activating group) is 1. The van der Waals surface area contributed by atoms with E-state index in [0.717, 1.165) is 11.1 Å². The van der Waals surface area contributed by atoms with Gasteiger partial charge in [-0.2, -0.15) is 0 Å². The van der Waals surface area contributed by atoms with Gasteiger partial charge in [-0.15, -0.1) is 0 Å². The molecule has 0 saturated carbocycles. The number of hydrogen-bond acceptors (Lipinski definition) is 3. The molecule has 1 aromatic carbocycles. The first kappa shape index (κ1) is 12.1. The Labute approximate surface area is 101 Å². The molecule has 4 nitrogen and oxygen atoms in total. The normalized spacial score (nSPS) is 24.4. The number of benzene rings is 1. The van der Waals surface area contributed by atoms with Gasteiger partial charge in [0.15, 0.2) is 0 Å². The molecule has 92 valence electrons. The highest BCUT2D eigenvalue weighted by molar-refractivity contribution is 5.80. The number of hydrogen-bond donors (Lipinski definition) is 1. The molecule has 2 atom stereocenters. The molecule has 1 aliphatic heterocycles. The summed E-state index contributed by atoms with van der Waals surface area (Å²) in [6, 6.07) is 7.93. The maximum Gasteiger partial charge on any atom is 0.224 e. The molecule has 1 heterocycles. The quantitative estimate of drug-likeness (QED) is 0.851. The lowest BCUT2D eigenvalue weighted by Gasteiger charge is -2.23. The molecular formula is C13H18N2O2.